The Morgan fingerprint density at radius 2 is 2.00 bits per heavy atom. The lowest BCUT2D eigenvalue weighted by Gasteiger charge is -2.17. The lowest BCUT2D eigenvalue weighted by Crippen LogP contribution is -2.33. The molecule has 0 heterocycles. The van der Waals surface area contributed by atoms with Crippen LogP contribution in [0, 0.1) is 6.92 Å². The predicted octanol–water partition coefficient (Wildman–Crippen LogP) is 3.62. The Kier molecular flexibility index (Phi) is 4.24. The van der Waals surface area contributed by atoms with E-state index >= 15 is 0 Å². The first kappa shape index (κ1) is 14.1. The second-order valence-corrected chi connectivity index (χ2v) is 4.34. The lowest BCUT2D eigenvalue weighted by atomic mass is 10.2. The van der Waals surface area contributed by atoms with Crippen molar-refractivity contribution in [3.05, 3.63) is 22.2 Å². The SMILES string of the molecule is Cc1cc(OCC(F)(F)C(F)F)c(Br)cc1N. The van der Waals surface area contributed by atoms with Gasteiger partial charge in [0.25, 0.3) is 0 Å². The molecule has 0 aromatic heterocycles. The van der Waals surface area contributed by atoms with Crippen molar-refractivity contribution in [2.75, 3.05) is 12.3 Å². The van der Waals surface area contributed by atoms with Crippen LogP contribution in [0.15, 0.2) is 16.6 Å². The Balaban J connectivity index is 2.80. The van der Waals surface area contributed by atoms with Crippen LogP contribution < -0.4 is 10.5 Å². The van der Waals surface area contributed by atoms with Crippen LogP contribution in [0.3, 0.4) is 0 Å². The molecule has 17 heavy (non-hydrogen) atoms. The molecule has 0 amide bonds. The van der Waals surface area contributed by atoms with E-state index in [-0.39, 0.29) is 5.75 Å². The molecule has 0 fully saturated rings. The number of ether oxygens (including phenoxy) is 1. The van der Waals surface area contributed by atoms with Gasteiger partial charge >= 0.3 is 12.3 Å². The second kappa shape index (κ2) is 5.12. The van der Waals surface area contributed by atoms with Crippen molar-refractivity contribution < 1.29 is 22.3 Å². The van der Waals surface area contributed by atoms with Gasteiger partial charge in [-0.3, -0.25) is 0 Å². The minimum atomic E-state index is -4.17. The van der Waals surface area contributed by atoms with Crippen molar-refractivity contribution in [3.63, 3.8) is 0 Å². The molecular weight excluding hydrogens is 306 g/mol. The van der Waals surface area contributed by atoms with E-state index in [1.165, 1.54) is 12.1 Å². The molecule has 0 aliphatic carbocycles. The third-order valence-corrected chi connectivity index (χ3v) is 2.68. The van der Waals surface area contributed by atoms with E-state index in [1.807, 2.05) is 0 Å². The molecule has 2 nitrogen and oxygen atoms in total. The molecule has 96 valence electrons. The van der Waals surface area contributed by atoms with Crippen molar-refractivity contribution in [1.29, 1.82) is 0 Å². The number of benzene rings is 1. The highest BCUT2D eigenvalue weighted by molar-refractivity contribution is 9.10. The number of hydrogen-bond donors (Lipinski definition) is 1. The molecule has 0 aliphatic rings. The molecule has 1 rings (SSSR count). The van der Waals surface area contributed by atoms with Crippen molar-refractivity contribution in [2.24, 2.45) is 0 Å². The monoisotopic (exact) mass is 315 g/mol. The topological polar surface area (TPSA) is 35.2 Å². The van der Waals surface area contributed by atoms with Gasteiger partial charge in [-0.15, -0.1) is 0 Å². The van der Waals surface area contributed by atoms with E-state index < -0.39 is 19.0 Å². The zero-order valence-corrected chi connectivity index (χ0v) is 10.4. The van der Waals surface area contributed by atoms with Crippen molar-refractivity contribution in [1.82, 2.24) is 0 Å². The molecule has 1 aromatic rings. The summed E-state index contributed by atoms with van der Waals surface area (Å²) >= 11 is 3.05. The molecule has 0 radical (unpaired) electrons. The lowest BCUT2D eigenvalue weighted by molar-refractivity contribution is -0.148. The summed E-state index contributed by atoms with van der Waals surface area (Å²) in [7, 11) is 0. The fourth-order valence-electron chi connectivity index (χ4n) is 1.02. The smallest absolute Gasteiger partial charge is 0.340 e. The Hall–Kier alpha value is -0.980. The van der Waals surface area contributed by atoms with Crippen LogP contribution >= 0.6 is 15.9 Å². The van der Waals surface area contributed by atoms with E-state index in [9.17, 15) is 17.6 Å². The highest BCUT2D eigenvalue weighted by Crippen LogP contribution is 2.32. The Labute approximate surface area is 104 Å². The largest absolute Gasteiger partial charge is 0.486 e. The fraction of sp³-hybridized carbons (Fsp3) is 0.400. The molecule has 0 unspecified atom stereocenters. The first-order valence-electron chi connectivity index (χ1n) is 4.58. The summed E-state index contributed by atoms with van der Waals surface area (Å²) in [4.78, 5) is 0. The number of rotatable bonds is 4. The van der Waals surface area contributed by atoms with Gasteiger partial charge in [0, 0.05) is 5.69 Å². The first-order chi connectivity index (χ1) is 7.74. The molecule has 0 aliphatic heterocycles. The second-order valence-electron chi connectivity index (χ2n) is 3.49. The summed E-state index contributed by atoms with van der Waals surface area (Å²) in [5.41, 5.74) is 6.63. The van der Waals surface area contributed by atoms with Gasteiger partial charge in [0.2, 0.25) is 0 Å². The van der Waals surface area contributed by atoms with E-state index in [0.717, 1.165) is 0 Å². The highest BCUT2D eigenvalue weighted by atomic mass is 79.9. The molecule has 0 spiro atoms. The zero-order chi connectivity index (χ0) is 13.2. The van der Waals surface area contributed by atoms with Crippen LogP contribution in [-0.4, -0.2) is 19.0 Å². The van der Waals surface area contributed by atoms with E-state index in [1.54, 1.807) is 6.92 Å². The molecule has 2 N–H and O–H groups in total. The standard InChI is InChI=1S/C10H10BrF4NO/c1-5-2-8(6(11)3-7(5)16)17-4-10(14,15)9(12)13/h2-3,9H,4,16H2,1H3. The number of nitrogens with two attached hydrogens (primary N) is 1. The van der Waals surface area contributed by atoms with Gasteiger partial charge in [0.15, 0.2) is 6.61 Å². The van der Waals surface area contributed by atoms with Gasteiger partial charge in [-0.2, -0.15) is 8.78 Å². The molecule has 0 saturated carbocycles. The fourth-order valence-corrected chi connectivity index (χ4v) is 1.49. The average Bonchev–Trinajstić information content (AvgIpc) is 2.21. The number of aryl methyl sites for hydroxylation is 1. The minimum Gasteiger partial charge on any atom is -0.486 e. The normalized spacial score (nSPS) is 11.9. The Bertz CT molecular complexity index is 412. The average molecular weight is 316 g/mol. The molecule has 1 aromatic carbocycles. The Morgan fingerprint density at radius 3 is 2.53 bits per heavy atom. The van der Waals surface area contributed by atoms with Crippen LogP contribution in [-0.2, 0) is 0 Å². The molecular formula is C10H10BrF4NO. The minimum absolute atomic E-state index is 0.0528. The van der Waals surface area contributed by atoms with Gasteiger partial charge in [0.1, 0.15) is 5.75 Å². The molecule has 0 bridgehead atoms. The molecule has 0 saturated heterocycles. The summed E-state index contributed by atoms with van der Waals surface area (Å²) < 4.78 is 54.1. The van der Waals surface area contributed by atoms with Crippen LogP contribution in [0.4, 0.5) is 23.2 Å². The summed E-state index contributed by atoms with van der Waals surface area (Å²) in [6.45, 7) is 0.270. The third kappa shape index (κ3) is 3.49. The van der Waals surface area contributed by atoms with E-state index in [4.69, 9.17) is 5.73 Å². The number of hydrogen-bond acceptors (Lipinski definition) is 2. The van der Waals surface area contributed by atoms with Crippen LogP contribution in [0.2, 0.25) is 0 Å². The number of alkyl halides is 4. The molecule has 7 heteroatoms. The summed E-state index contributed by atoms with van der Waals surface area (Å²) in [5.74, 6) is -4.12. The summed E-state index contributed by atoms with van der Waals surface area (Å²) in [6, 6.07) is 2.87. The number of nitrogen functional groups attached to an aromatic ring is 1. The highest BCUT2D eigenvalue weighted by Gasteiger charge is 2.41. The molecule has 0 atom stereocenters. The summed E-state index contributed by atoms with van der Waals surface area (Å²) in [6.07, 6.45) is -3.75. The van der Waals surface area contributed by atoms with Crippen LogP contribution in [0.5, 0.6) is 5.75 Å². The maximum Gasteiger partial charge on any atom is 0.340 e. The zero-order valence-electron chi connectivity index (χ0n) is 8.81. The maximum atomic E-state index is 12.6. The van der Waals surface area contributed by atoms with Gasteiger partial charge < -0.3 is 10.5 Å². The van der Waals surface area contributed by atoms with Crippen LogP contribution in [0.1, 0.15) is 5.56 Å². The summed E-state index contributed by atoms with van der Waals surface area (Å²) in [5, 5.41) is 0. The van der Waals surface area contributed by atoms with Crippen molar-refractivity contribution >= 4 is 21.6 Å². The van der Waals surface area contributed by atoms with Gasteiger partial charge in [-0.05, 0) is 40.5 Å². The maximum absolute atomic E-state index is 12.6. The van der Waals surface area contributed by atoms with Crippen molar-refractivity contribution in [2.45, 2.75) is 19.3 Å². The number of anilines is 1. The van der Waals surface area contributed by atoms with Gasteiger partial charge in [0.05, 0.1) is 4.47 Å². The van der Waals surface area contributed by atoms with Crippen LogP contribution in [0.25, 0.3) is 0 Å². The van der Waals surface area contributed by atoms with Gasteiger partial charge in [-0.25, -0.2) is 8.78 Å². The number of halogens is 5. The van der Waals surface area contributed by atoms with Crippen molar-refractivity contribution in [3.8, 4) is 5.75 Å². The van der Waals surface area contributed by atoms with Gasteiger partial charge in [-0.1, -0.05) is 0 Å². The quantitative estimate of drug-likeness (QED) is 0.680. The predicted molar refractivity (Wildman–Crippen MR) is 59.7 cm³/mol. The van der Waals surface area contributed by atoms with E-state index in [0.29, 0.717) is 15.7 Å². The first-order valence-corrected chi connectivity index (χ1v) is 5.37. The van der Waals surface area contributed by atoms with E-state index in [2.05, 4.69) is 20.7 Å². The third-order valence-electron chi connectivity index (χ3n) is 2.06. The Morgan fingerprint density at radius 1 is 1.41 bits per heavy atom.